The third kappa shape index (κ3) is 5.81. The van der Waals surface area contributed by atoms with Crippen molar-refractivity contribution in [2.24, 2.45) is 10.3 Å². The highest BCUT2D eigenvalue weighted by molar-refractivity contribution is 7.80. The molecule has 2 heterocycles. The van der Waals surface area contributed by atoms with Crippen molar-refractivity contribution in [1.29, 1.82) is 0 Å². The number of aromatic nitrogens is 1. The molecular formula is C32H25N5O4S2. The van der Waals surface area contributed by atoms with Crippen molar-refractivity contribution < 1.29 is 19.2 Å². The van der Waals surface area contributed by atoms with Gasteiger partial charge in [-0.15, -0.1) is 24.0 Å². The van der Waals surface area contributed by atoms with Crippen molar-refractivity contribution in [2.45, 2.75) is 11.2 Å². The molecule has 6 rings (SSSR count). The lowest BCUT2D eigenvalue weighted by atomic mass is 9.80. The van der Waals surface area contributed by atoms with Crippen LogP contribution in [0.3, 0.4) is 0 Å². The Morgan fingerprint density at radius 3 is 1.86 bits per heavy atom. The normalized spacial score (nSPS) is 15.0. The molecule has 0 aliphatic carbocycles. The molecule has 1 aromatic heterocycles. The highest BCUT2D eigenvalue weighted by Crippen LogP contribution is 2.41. The van der Waals surface area contributed by atoms with Crippen LogP contribution >= 0.6 is 24.0 Å². The van der Waals surface area contributed by atoms with Crippen LogP contribution in [-0.2, 0) is 24.8 Å². The molecule has 11 heteroatoms. The minimum atomic E-state index is -1.24. The molecule has 4 aromatic carbocycles. The van der Waals surface area contributed by atoms with Crippen LogP contribution in [0, 0.1) is 0 Å². The van der Waals surface area contributed by atoms with Gasteiger partial charge in [0, 0.05) is 27.6 Å². The van der Waals surface area contributed by atoms with E-state index in [1.165, 1.54) is 0 Å². The SMILES string of the molecule is Nc1nc(/C(=N/OC(c2ccccc2)(c2ccccc2)c2ccccc2)C(=O)ON2N=C(c3ccccc3)OC2S)cs1. The molecule has 0 saturated heterocycles. The number of thiazole rings is 1. The fraction of sp³-hybridized carbons (Fsp3) is 0.0625. The Morgan fingerprint density at radius 1 is 0.860 bits per heavy atom. The Balaban J connectivity index is 1.42. The number of carbonyl (C=O) groups excluding carboxylic acids is 1. The second-order valence-corrected chi connectivity index (χ2v) is 10.6. The van der Waals surface area contributed by atoms with Crippen LogP contribution in [0.25, 0.3) is 0 Å². The second-order valence-electron chi connectivity index (χ2n) is 9.28. The molecule has 0 spiro atoms. The molecule has 1 atom stereocenters. The molecule has 214 valence electrons. The van der Waals surface area contributed by atoms with E-state index in [0.29, 0.717) is 5.56 Å². The molecule has 43 heavy (non-hydrogen) atoms. The van der Waals surface area contributed by atoms with E-state index < -0.39 is 17.1 Å². The number of nitrogens with two attached hydrogens (primary N) is 1. The Labute approximate surface area is 257 Å². The highest BCUT2D eigenvalue weighted by Gasteiger charge is 2.40. The van der Waals surface area contributed by atoms with Gasteiger partial charge in [-0.05, 0) is 12.1 Å². The van der Waals surface area contributed by atoms with Crippen LogP contribution in [-0.4, -0.2) is 33.3 Å². The van der Waals surface area contributed by atoms with E-state index in [1.807, 2.05) is 121 Å². The molecule has 1 unspecified atom stereocenters. The van der Waals surface area contributed by atoms with Gasteiger partial charge in [0.25, 0.3) is 5.56 Å². The van der Waals surface area contributed by atoms with Crippen molar-refractivity contribution >= 4 is 46.7 Å². The second kappa shape index (κ2) is 12.4. The van der Waals surface area contributed by atoms with Crippen LogP contribution in [0.1, 0.15) is 27.9 Å². The number of hydrazone groups is 1. The number of carbonyl (C=O) groups is 1. The van der Waals surface area contributed by atoms with Gasteiger partial charge in [0.2, 0.25) is 17.2 Å². The molecule has 0 radical (unpaired) electrons. The van der Waals surface area contributed by atoms with Gasteiger partial charge >= 0.3 is 5.97 Å². The van der Waals surface area contributed by atoms with Crippen LogP contribution < -0.4 is 5.73 Å². The van der Waals surface area contributed by atoms with Crippen molar-refractivity contribution in [3.8, 4) is 0 Å². The van der Waals surface area contributed by atoms with Crippen LogP contribution in [0.5, 0.6) is 0 Å². The Kier molecular flexibility index (Phi) is 8.07. The van der Waals surface area contributed by atoms with Crippen LogP contribution in [0.4, 0.5) is 5.13 Å². The first-order chi connectivity index (χ1) is 21.0. The molecule has 0 fully saturated rings. The van der Waals surface area contributed by atoms with E-state index in [9.17, 15) is 4.79 Å². The van der Waals surface area contributed by atoms with Crippen molar-refractivity contribution in [3.63, 3.8) is 0 Å². The molecule has 1 aliphatic rings. The van der Waals surface area contributed by atoms with Gasteiger partial charge < -0.3 is 20.1 Å². The summed E-state index contributed by atoms with van der Waals surface area (Å²) < 4.78 is 5.70. The summed E-state index contributed by atoms with van der Waals surface area (Å²) in [6, 6.07) is 38.1. The summed E-state index contributed by atoms with van der Waals surface area (Å²) >= 11 is 5.54. The predicted octanol–water partition coefficient (Wildman–Crippen LogP) is 5.80. The number of nitrogens with zero attached hydrogens (tertiary/aromatic N) is 4. The Bertz CT molecular complexity index is 1650. The third-order valence-corrected chi connectivity index (χ3v) is 7.54. The number of benzene rings is 4. The first-order valence-electron chi connectivity index (χ1n) is 13.2. The van der Waals surface area contributed by atoms with E-state index in [2.05, 4.69) is 27.9 Å². The summed E-state index contributed by atoms with van der Waals surface area (Å²) in [5, 5.41) is 11.5. The zero-order valence-electron chi connectivity index (χ0n) is 22.6. The molecule has 1 aliphatic heterocycles. The average Bonchev–Trinajstić information content (AvgIpc) is 3.65. The van der Waals surface area contributed by atoms with Gasteiger partial charge in [0.1, 0.15) is 5.69 Å². The smallest absolute Gasteiger partial charge is 0.389 e. The number of nitrogen functional groups attached to an aromatic ring is 1. The van der Waals surface area contributed by atoms with Gasteiger partial charge in [0.15, 0.2) is 5.13 Å². The van der Waals surface area contributed by atoms with E-state index >= 15 is 0 Å². The average molecular weight is 608 g/mol. The Hall–Kier alpha value is -5.13. The number of oxime groups is 1. The van der Waals surface area contributed by atoms with Gasteiger partial charge in [-0.3, -0.25) is 0 Å². The maximum atomic E-state index is 13.7. The Morgan fingerprint density at radius 2 is 1.37 bits per heavy atom. The summed E-state index contributed by atoms with van der Waals surface area (Å²) in [5.41, 5.74) is 6.75. The van der Waals surface area contributed by atoms with E-state index in [4.69, 9.17) is 20.1 Å². The van der Waals surface area contributed by atoms with Gasteiger partial charge in [-0.2, -0.15) is 0 Å². The number of anilines is 1. The maximum absolute atomic E-state index is 13.7. The van der Waals surface area contributed by atoms with Crippen LogP contribution in [0.15, 0.2) is 137 Å². The summed E-state index contributed by atoms with van der Waals surface area (Å²) in [4.78, 5) is 30.1. The number of ether oxygens (including phenoxy) is 1. The minimum absolute atomic E-state index is 0.179. The van der Waals surface area contributed by atoms with Gasteiger partial charge in [0.05, 0.1) is 0 Å². The van der Waals surface area contributed by atoms with Crippen molar-refractivity contribution in [1.82, 2.24) is 10.2 Å². The first-order valence-corrected chi connectivity index (χ1v) is 14.6. The number of rotatable bonds is 9. The van der Waals surface area contributed by atoms with Gasteiger partial charge in [-0.1, -0.05) is 125 Å². The number of hydroxylamine groups is 1. The van der Waals surface area contributed by atoms with Gasteiger partial charge in [-0.25, -0.2) is 9.78 Å². The van der Waals surface area contributed by atoms with Crippen LogP contribution in [0.2, 0.25) is 0 Å². The molecule has 2 N–H and O–H groups in total. The fourth-order valence-electron chi connectivity index (χ4n) is 4.58. The highest BCUT2D eigenvalue weighted by atomic mass is 32.1. The maximum Gasteiger partial charge on any atom is 0.389 e. The standard InChI is InChI=1S/C32H25N5O4S2/c33-30-34-26(21-43-30)27(29(38)40-37-31(42)39-28(35-37)22-13-5-1-6-14-22)36-41-32(23-15-7-2-8-16-23,24-17-9-3-10-18-24)25-19-11-4-12-20-25/h1-21,31,42H,(H2,33,34)/b36-27-. The summed E-state index contributed by atoms with van der Waals surface area (Å²) in [6.07, 6.45) is 0. The zero-order chi connectivity index (χ0) is 29.6. The quantitative estimate of drug-likeness (QED) is 0.0942. The molecule has 5 aromatic rings. The largest absolute Gasteiger partial charge is 0.438 e. The fourth-order valence-corrected chi connectivity index (χ4v) is 5.33. The van der Waals surface area contributed by atoms with E-state index in [-0.39, 0.29) is 22.4 Å². The lowest BCUT2D eigenvalue weighted by molar-refractivity contribution is -0.194. The molecular weight excluding hydrogens is 583 g/mol. The monoisotopic (exact) mass is 607 g/mol. The van der Waals surface area contributed by atoms with Crippen molar-refractivity contribution in [2.75, 3.05) is 5.73 Å². The zero-order valence-corrected chi connectivity index (χ0v) is 24.3. The molecule has 0 saturated carbocycles. The lowest BCUT2D eigenvalue weighted by Gasteiger charge is -2.33. The topological polar surface area (TPSA) is 112 Å². The summed E-state index contributed by atoms with van der Waals surface area (Å²) in [6.45, 7) is 0. The number of hydrogen-bond donors (Lipinski definition) is 2. The van der Waals surface area contributed by atoms with E-state index in [1.54, 1.807) is 5.38 Å². The minimum Gasteiger partial charge on any atom is -0.438 e. The molecule has 9 nitrogen and oxygen atoms in total. The predicted molar refractivity (Wildman–Crippen MR) is 168 cm³/mol. The molecule has 0 bridgehead atoms. The number of hydrogen-bond acceptors (Lipinski definition) is 11. The summed E-state index contributed by atoms with van der Waals surface area (Å²) in [7, 11) is 0. The molecule has 0 amide bonds. The lowest BCUT2D eigenvalue weighted by Crippen LogP contribution is -2.34. The first kappa shape index (κ1) is 28.0. The van der Waals surface area contributed by atoms with E-state index in [0.717, 1.165) is 33.2 Å². The van der Waals surface area contributed by atoms with Crippen molar-refractivity contribution in [3.05, 3.63) is 155 Å². The third-order valence-electron chi connectivity index (χ3n) is 6.57. The number of thiol groups is 1. The summed E-state index contributed by atoms with van der Waals surface area (Å²) in [5.74, 6) is -0.647.